The van der Waals surface area contributed by atoms with E-state index < -0.39 is 101 Å². The lowest BCUT2D eigenvalue weighted by atomic mass is 9.98. The first kappa shape index (κ1) is 67.2. The van der Waals surface area contributed by atoms with E-state index in [1.165, 1.54) is 23.4 Å². The van der Waals surface area contributed by atoms with Gasteiger partial charge in [0.1, 0.15) is 47.5 Å². The number of alkyl carbamates (subject to hydrolysis) is 2. The Morgan fingerprint density at radius 1 is 0.617 bits per heavy atom. The minimum atomic E-state index is -3.76. The van der Waals surface area contributed by atoms with Gasteiger partial charge >= 0.3 is 24.1 Å². The molecule has 0 unspecified atom stereocenters. The van der Waals surface area contributed by atoms with E-state index in [0.717, 1.165) is 51.4 Å². The van der Waals surface area contributed by atoms with Crippen LogP contribution in [0, 0.1) is 34.5 Å². The molecule has 462 valence electrons. The summed E-state index contributed by atoms with van der Waals surface area (Å²) in [5.74, 6) is -2.59. The molecule has 0 aromatic rings. The van der Waals surface area contributed by atoms with E-state index in [4.69, 9.17) is 18.9 Å². The van der Waals surface area contributed by atoms with E-state index in [-0.39, 0.29) is 78.2 Å². The average molecular weight is 1180 g/mol. The standard InChI is InChI=1S/C31H56N4O8SSi.C26H44N4O6/c1-30(2,3)43-29(39)33-23-20-34(44(40,41)17-18-45(7,8)9)16-14-12-10-11-13-15-22(28(38)42-6)32-26(36)25-24-21(31(24,4)5)19-35(25)27(23)37;1-25(2,3)36-24(34)29-18-14-27-13-11-9-7-8-10-12-17(23(33)35-6)28-21(31)20-19-16(26(19,4)5)15-30(20)22(18)32/h21-25H,10-20H2,1-9H3,(H,32,36)(H,33,39);16-20,27H,7-15H2,1-6H3,(H,28,31)(H,29,34)/t21-,22-,23-,24-,25-;16-,17-,18-,19-,20-/m00/s1. The first-order chi connectivity index (χ1) is 37.5. The van der Waals surface area contributed by atoms with Gasteiger partial charge in [-0.3, -0.25) is 19.2 Å². The Kier molecular flexibility index (Phi) is 22.8. The number of fused-ring (bicyclic) bond motifs is 6. The summed E-state index contributed by atoms with van der Waals surface area (Å²) in [5.41, 5.74) is -1.82. The number of esters is 2. The van der Waals surface area contributed by atoms with Crippen molar-refractivity contribution in [2.24, 2.45) is 34.5 Å². The maximum atomic E-state index is 14.4. The van der Waals surface area contributed by atoms with Crippen LogP contribution in [0.5, 0.6) is 0 Å². The van der Waals surface area contributed by atoms with E-state index in [1.807, 2.05) is 0 Å². The minimum absolute atomic E-state index is 0.00577. The highest BCUT2D eigenvalue weighted by Crippen LogP contribution is 2.66. The SMILES string of the molecule is COC(=O)[C@@H]1CCCCCCCN(S(=O)(=O)CC[Si](C)(C)C)C[C@H](NC(=O)OC(C)(C)C)C(=O)N2C[C@H]3[C@@H]([C@H]2C(=O)N1)C3(C)C.COC(=O)[C@@H]1CCCCCCCNC[C@H](NC(=O)OC(C)(C)C)C(=O)N2C[C@H]3[C@@H]([C@H]2C(=O)N1)C3(C)C. The minimum Gasteiger partial charge on any atom is -0.467 e. The van der Waals surface area contributed by atoms with Crippen LogP contribution in [0.1, 0.15) is 146 Å². The maximum Gasteiger partial charge on any atom is 0.408 e. The Morgan fingerprint density at radius 2 is 1.02 bits per heavy atom. The fourth-order valence-electron chi connectivity index (χ4n) is 12.3. The normalized spacial score (nSPS) is 30.0. The zero-order valence-electron chi connectivity index (χ0n) is 51.4. The third-order valence-corrected chi connectivity index (χ3v) is 21.0. The van der Waals surface area contributed by atoms with Gasteiger partial charge in [-0.2, -0.15) is 4.31 Å². The van der Waals surface area contributed by atoms with Crippen LogP contribution >= 0.6 is 0 Å². The van der Waals surface area contributed by atoms with Crippen LogP contribution in [0.2, 0.25) is 25.7 Å². The van der Waals surface area contributed by atoms with Crippen molar-refractivity contribution in [3.8, 4) is 0 Å². The highest BCUT2D eigenvalue weighted by molar-refractivity contribution is 7.89. The largest absolute Gasteiger partial charge is 0.467 e. The zero-order chi connectivity index (χ0) is 60.6. The van der Waals surface area contributed by atoms with Crippen LogP contribution in [0.25, 0.3) is 0 Å². The molecule has 81 heavy (non-hydrogen) atoms. The number of hydrogen-bond acceptors (Lipinski definition) is 15. The van der Waals surface area contributed by atoms with Gasteiger partial charge in [-0.05, 0) is 114 Å². The molecule has 6 rings (SSSR count). The molecule has 2 saturated carbocycles. The zero-order valence-corrected chi connectivity index (χ0v) is 53.2. The van der Waals surface area contributed by atoms with E-state index in [9.17, 15) is 46.8 Å². The lowest BCUT2D eigenvalue weighted by molar-refractivity contribution is -0.148. The van der Waals surface area contributed by atoms with Gasteiger partial charge in [-0.1, -0.05) is 98.7 Å². The summed E-state index contributed by atoms with van der Waals surface area (Å²) >= 11 is 0. The first-order valence-corrected chi connectivity index (χ1v) is 34.9. The second-order valence-corrected chi connectivity index (χ2v) is 35.4. The van der Waals surface area contributed by atoms with Gasteiger partial charge in [0.2, 0.25) is 33.7 Å². The number of methoxy groups -OCH3 is 2. The topological polar surface area (TPSA) is 277 Å². The number of carbonyl (C=O) groups excluding carboxylic acids is 8. The molecule has 4 saturated heterocycles. The van der Waals surface area contributed by atoms with Crippen molar-refractivity contribution >= 4 is 65.9 Å². The number of piperidine rings is 2. The molecule has 0 aromatic carbocycles. The van der Waals surface area contributed by atoms with Crippen LogP contribution in [0.3, 0.4) is 0 Å². The molecule has 0 spiro atoms. The number of nitrogens with zero attached hydrogens (tertiary/aromatic N) is 3. The fourth-order valence-corrected chi connectivity index (χ4v) is 16.8. The molecule has 6 aliphatic rings. The van der Waals surface area contributed by atoms with E-state index in [1.54, 1.807) is 46.4 Å². The van der Waals surface area contributed by atoms with Crippen molar-refractivity contribution in [2.75, 3.05) is 59.2 Å². The third-order valence-electron chi connectivity index (χ3n) is 17.1. The van der Waals surface area contributed by atoms with Crippen molar-refractivity contribution in [1.29, 1.82) is 0 Å². The Morgan fingerprint density at radius 3 is 1.46 bits per heavy atom. The number of ether oxygens (including phenoxy) is 4. The molecular formula is C57H100N8O14SSi. The Labute approximate surface area is 483 Å². The molecule has 0 bridgehead atoms. The second kappa shape index (κ2) is 27.4. The van der Waals surface area contributed by atoms with Gasteiger partial charge < -0.3 is 55.3 Å². The van der Waals surface area contributed by atoms with Gasteiger partial charge in [-0.25, -0.2) is 27.6 Å². The van der Waals surface area contributed by atoms with Gasteiger partial charge in [0.05, 0.1) is 20.0 Å². The van der Waals surface area contributed by atoms with Gasteiger partial charge in [0, 0.05) is 40.8 Å². The number of carbonyl (C=O) groups is 8. The summed E-state index contributed by atoms with van der Waals surface area (Å²) in [6.07, 6.45) is 7.74. The molecular weight excluding hydrogens is 1080 g/mol. The van der Waals surface area contributed by atoms with Crippen LogP contribution in [-0.2, 0) is 57.7 Å². The van der Waals surface area contributed by atoms with Crippen molar-refractivity contribution in [2.45, 2.75) is 219 Å². The van der Waals surface area contributed by atoms with Crippen LogP contribution in [0.4, 0.5) is 9.59 Å². The average Bonchev–Trinajstić information content (AvgIpc) is 2.16. The molecule has 22 nitrogen and oxygen atoms in total. The van der Waals surface area contributed by atoms with E-state index in [2.05, 4.69) is 73.9 Å². The lowest BCUT2D eigenvalue weighted by Gasteiger charge is -2.35. The summed E-state index contributed by atoms with van der Waals surface area (Å²) in [7, 11) is -2.85. The molecule has 0 aromatic heterocycles. The van der Waals surface area contributed by atoms with E-state index in [0.29, 0.717) is 44.8 Å². The number of rotatable bonds is 8. The van der Waals surface area contributed by atoms with Crippen molar-refractivity contribution in [1.82, 2.24) is 40.7 Å². The highest BCUT2D eigenvalue weighted by Gasteiger charge is 2.71. The van der Waals surface area contributed by atoms with Crippen molar-refractivity contribution in [3.05, 3.63) is 0 Å². The Hall–Kier alpha value is -4.55. The first-order valence-electron chi connectivity index (χ1n) is 29.6. The van der Waals surface area contributed by atoms with Gasteiger partial charge in [0.15, 0.2) is 0 Å². The molecule has 10 atom stereocenters. The summed E-state index contributed by atoms with van der Waals surface area (Å²) in [5, 5.41) is 14.4. The molecule has 24 heteroatoms. The third kappa shape index (κ3) is 18.5. The number of amides is 6. The van der Waals surface area contributed by atoms with Crippen LogP contribution in [0.15, 0.2) is 0 Å². The molecule has 2 aliphatic carbocycles. The molecule has 5 N–H and O–H groups in total. The molecule has 0 radical (unpaired) electrons. The number of hydrogen-bond donors (Lipinski definition) is 5. The van der Waals surface area contributed by atoms with Crippen LogP contribution < -0.4 is 26.6 Å². The van der Waals surface area contributed by atoms with Crippen LogP contribution in [-0.4, -0.2) is 185 Å². The second-order valence-electron chi connectivity index (χ2n) is 27.6. The summed E-state index contributed by atoms with van der Waals surface area (Å²) < 4.78 is 49.7. The molecule has 4 heterocycles. The smallest absolute Gasteiger partial charge is 0.408 e. The molecule has 6 fully saturated rings. The van der Waals surface area contributed by atoms with Gasteiger partial charge in [-0.15, -0.1) is 0 Å². The Balaban J connectivity index is 0.000000305. The summed E-state index contributed by atoms with van der Waals surface area (Å²) in [6, 6.07) is -4.75. The molecule has 4 aliphatic heterocycles. The maximum absolute atomic E-state index is 14.4. The quantitative estimate of drug-likeness (QED) is 0.117. The summed E-state index contributed by atoms with van der Waals surface area (Å²) in [6.45, 7) is 26.7. The lowest BCUT2D eigenvalue weighted by Crippen LogP contribution is -2.60. The van der Waals surface area contributed by atoms with E-state index >= 15 is 0 Å². The fraction of sp³-hybridized carbons (Fsp3) is 0.860. The predicted molar refractivity (Wildman–Crippen MR) is 309 cm³/mol. The molecule has 6 amide bonds. The number of nitrogens with one attached hydrogen (secondary N) is 5. The highest BCUT2D eigenvalue weighted by atomic mass is 32.2. The van der Waals surface area contributed by atoms with Crippen molar-refractivity contribution in [3.63, 3.8) is 0 Å². The van der Waals surface area contributed by atoms with Crippen molar-refractivity contribution < 1.29 is 65.7 Å². The number of sulfonamides is 1. The van der Waals surface area contributed by atoms with Gasteiger partial charge in [0.25, 0.3) is 0 Å². The predicted octanol–water partition coefficient (Wildman–Crippen LogP) is 5.31. The monoisotopic (exact) mass is 1180 g/mol. The summed E-state index contributed by atoms with van der Waals surface area (Å²) in [4.78, 5) is 109. The Bertz CT molecular complexity index is 2370.